The van der Waals surface area contributed by atoms with Gasteiger partial charge < -0.3 is 19.7 Å². The Morgan fingerprint density at radius 1 is 1.27 bits per heavy atom. The zero-order valence-electron chi connectivity index (χ0n) is 7.96. The molecule has 5 heteroatoms. The minimum Gasteiger partial charge on any atom is -0.454 e. The van der Waals surface area contributed by atoms with E-state index in [2.05, 4.69) is 12.6 Å². The molecule has 0 bridgehead atoms. The molecule has 1 aliphatic rings. The lowest BCUT2D eigenvalue weighted by Gasteiger charge is -2.16. The van der Waals surface area contributed by atoms with Crippen LogP contribution in [0, 0.1) is 0 Å². The summed E-state index contributed by atoms with van der Waals surface area (Å²) in [7, 11) is 0. The van der Waals surface area contributed by atoms with Crippen LogP contribution < -0.4 is 9.47 Å². The highest BCUT2D eigenvalue weighted by Crippen LogP contribution is 2.34. The highest BCUT2D eigenvalue weighted by molar-refractivity contribution is 7.80. The molecule has 2 unspecified atom stereocenters. The van der Waals surface area contributed by atoms with Crippen LogP contribution in [0.5, 0.6) is 11.5 Å². The summed E-state index contributed by atoms with van der Waals surface area (Å²) in [4.78, 5) is 0. The van der Waals surface area contributed by atoms with Crippen molar-refractivity contribution in [2.45, 2.75) is 12.2 Å². The number of aliphatic hydroxyl groups is 2. The van der Waals surface area contributed by atoms with Crippen molar-refractivity contribution >= 4 is 12.6 Å². The third kappa shape index (κ3) is 2.04. The molecule has 1 heterocycles. The van der Waals surface area contributed by atoms with E-state index in [0.717, 1.165) is 0 Å². The van der Waals surface area contributed by atoms with Crippen molar-refractivity contribution in [2.24, 2.45) is 0 Å². The van der Waals surface area contributed by atoms with E-state index >= 15 is 0 Å². The fraction of sp³-hybridized carbons (Fsp3) is 0.400. The van der Waals surface area contributed by atoms with Crippen LogP contribution in [0.3, 0.4) is 0 Å². The van der Waals surface area contributed by atoms with Crippen LogP contribution in [-0.2, 0) is 0 Å². The summed E-state index contributed by atoms with van der Waals surface area (Å²) < 4.78 is 10.3. The van der Waals surface area contributed by atoms with Gasteiger partial charge in [0.2, 0.25) is 6.79 Å². The first-order chi connectivity index (χ1) is 7.22. The smallest absolute Gasteiger partial charge is 0.231 e. The molecule has 0 saturated heterocycles. The van der Waals surface area contributed by atoms with Crippen LogP contribution in [-0.4, -0.2) is 28.9 Å². The van der Waals surface area contributed by atoms with Gasteiger partial charge in [-0.25, -0.2) is 0 Å². The number of hydrogen-bond donors (Lipinski definition) is 3. The molecule has 2 atom stereocenters. The maximum atomic E-state index is 9.73. The van der Waals surface area contributed by atoms with Gasteiger partial charge >= 0.3 is 0 Å². The number of thiol groups is 1. The first-order valence-corrected chi connectivity index (χ1v) is 5.22. The molecule has 0 amide bonds. The molecule has 0 aliphatic carbocycles. The Balaban J connectivity index is 2.22. The Labute approximate surface area is 92.9 Å². The fourth-order valence-electron chi connectivity index (χ4n) is 1.42. The van der Waals surface area contributed by atoms with Gasteiger partial charge in [-0.3, -0.25) is 0 Å². The number of aliphatic hydroxyl groups excluding tert-OH is 2. The Hall–Kier alpha value is -0.910. The number of ether oxygens (including phenoxy) is 2. The molecule has 2 rings (SSSR count). The predicted molar refractivity (Wildman–Crippen MR) is 57.4 cm³/mol. The third-order valence-electron chi connectivity index (χ3n) is 2.29. The second-order valence-corrected chi connectivity index (χ2v) is 3.67. The summed E-state index contributed by atoms with van der Waals surface area (Å²) in [5, 5.41) is 19.2. The minimum atomic E-state index is -0.947. The number of hydrogen-bond acceptors (Lipinski definition) is 5. The molecule has 1 aromatic carbocycles. The largest absolute Gasteiger partial charge is 0.454 e. The van der Waals surface area contributed by atoms with Crippen molar-refractivity contribution in [1.29, 1.82) is 0 Å². The highest BCUT2D eigenvalue weighted by Gasteiger charge is 2.20. The Morgan fingerprint density at radius 3 is 2.73 bits per heavy atom. The summed E-state index contributed by atoms with van der Waals surface area (Å²) in [5.74, 6) is 1.46. The van der Waals surface area contributed by atoms with Crippen LogP contribution >= 0.6 is 12.6 Å². The zero-order valence-corrected chi connectivity index (χ0v) is 8.85. The molecule has 1 aliphatic heterocycles. The lowest BCUT2D eigenvalue weighted by atomic mass is 10.0. The summed E-state index contributed by atoms with van der Waals surface area (Å²) >= 11 is 3.92. The third-order valence-corrected chi connectivity index (χ3v) is 2.66. The van der Waals surface area contributed by atoms with Gasteiger partial charge in [-0.1, -0.05) is 6.07 Å². The van der Waals surface area contributed by atoms with E-state index in [1.54, 1.807) is 18.2 Å². The lowest BCUT2D eigenvalue weighted by molar-refractivity contribution is 0.0336. The lowest BCUT2D eigenvalue weighted by Crippen LogP contribution is -2.19. The first kappa shape index (κ1) is 10.6. The number of benzene rings is 1. The molecule has 4 nitrogen and oxygen atoms in total. The van der Waals surface area contributed by atoms with Gasteiger partial charge in [0, 0.05) is 5.75 Å². The summed E-state index contributed by atoms with van der Waals surface area (Å²) in [6.45, 7) is 0.198. The Bertz CT molecular complexity index is 355. The van der Waals surface area contributed by atoms with Crippen LogP contribution in [0.4, 0.5) is 0 Å². The average molecular weight is 228 g/mol. The Kier molecular flexibility index (Phi) is 3.04. The van der Waals surface area contributed by atoms with Crippen molar-refractivity contribution in [1.82, 2.24) is 0 Å². The van der Waals surface area contributed by atoms with Crippen molar-refractivity contribution in [3.05, 3.63) is 23.8 Å². The quantitative estimate of drug-likeness (QED) is 0.668. The van der Waals surface area contributed by atoms with Crippen LogP contribution in [0.25, 0.3) is 0 Å². The second kappa shape index (κ2) is 4.30. The highest BCUT2D eigenvalue weighted by atomic mass is 32.1. The molecule has 82 valence electrons. The molecular formula is C10H12O4S. The molecular weight excluding hydrogens is 216 g/mol. The molecule has 15 heavy (non-hydrogen) atoms. The first-order valence-electron chi connectivity index (χ1n) is 4.59. The fourth-order valence-corrected chi connectivity index (χ4v) is 1.62. The summed E-state index contributed by atoms with van der Waals surface area (Å²) in [6.07, 6.45) is -1.83. The normalized spacial score (nSPS) is 17.5. The standard InChI is InChI=1S/C10H12O4S/c11-7(4-15)10(12)6-1-2-8-9(3-6)14-5-13-8/h1-3,7,10-12,15H,4-5H2. The molecule has 0 saturated carbocycles. The molecule has 2 N–H and O–H groups in total. The van der Waals surface area contributed by atoms with Crippen LogP contribution in [0.1, 0.15) is 11.7 Å². The average Bonchev–Trinajstić information content (AvgIpc) is 2.73. The summed E-state index contributed by atoms with van der Waals surface area (Å²) in [5.41, 5.74) is 0.598. The zero-order chi connectivity index (χ0) is 10.8. The SMILES string of the molecule is OC(CS)C(O)c1ccc2c(c1)OCO2. The molecule has 0 aromatic heterocycles. The van der Waals surface area contributed by atoms with Gasteiger partial charge in [0.1, 0.15) is 6.10 Å². The topological polar surface area (TPSA) is 58.9 Å². The van der Waals surface area contributed by atoms with Gasteiger partial charge in [0.15, 0.2) is 11.5 Å². The van der Waals surface area contributed by atoms with E-state index in [0.29, 0.717) is 17.1 Å². The van der Waals surface area contributed by atoms with E-state index in [1.807, 2.05) is 0 Å². The van der Waals surface area contributed by atoms with Gasteiger partial charge in [-0.2, -0.15) is 12.6 Å². The number of rotatable bonds is 3. The van der Waals surface area contributed by atoms with E-state index in [9.17, 15) is 10.2 Å². The van der Waals surface area contributed by atoms with E-state index in [-0.39, 0.29) is 12.5 Å². The monoisotopic (exact) mass is 228 g/mol. The van der Waals surface area contributed by atoms with Gasteiger partial charge in [-0.15, -0.1) is 0 Å². The summed E-state index contributed by atoms with van der Waals surface area (Å²) in [6, 6.07) is 5.08. The minimum absolute atomic E-state index is 0.198. The molecule has 0 radical (unpaired) electrons. The Morgan fingerprint density at radius 2 is 2.00 bits per heavy atom. The molecule has 0 fully saturated rings. The van der Waals surface area contributed by atoms with Crippen LogP contribution in [0.15, 0.2) is 18.2 Å². The predicted octanol–water partition coefficient (Wildman–Crippen LogP) is 0.739. The van der Waals surface area contributed by atoms with Crippen molar-refractivity contribution in [3.63, 3.8) is 0 Å². The van der Waals surface area contributed by atoms with Gasteiger partial charge in [-0.05, 0) is 17.7 Å². The van der Waals surface area contributed by atoms with Crippen molar-refractivity contribution in [2.75, 3.05) is 12.5 Å². The number of fused-ring (bicyclic) bond motifs is 1. The van der Waals surface area contributed by atoms with E-state index < -0.39 is 12.2 Å². The maximum absolute atomic E-state index is 9.73. The van der Waals surface area contributed by atoms with Crippen molar-refractivity contribution in [3.8, 4) is 11.5 Å². The van der Waals surface area contributed by atoms with Gasteiger partial charge in [0.05, 0.1) is 6.10 Å². The van der Waals surface area contributed by atoms with Crippen molar-refractivity contribution < 1.29 is 19.7 Å². The second-order valence-electron chi connectivity index (χ2n) is 3.31. The molecule has 0 spiro atoms. The van der Waals surface area contributed by atoms with Crippen LogP contribution in [0.2, 0.25) is 0 Å². The van der Waals surface area contributed by atoms with E-state index in [1.165, 1.54) is 0 Å². The molecule has 1 aromatic rings. The maximum Gasteiger partial charge on any atom is 0.231 e. The van der Waals surface area contributed by atoms with Gasteiger partial charge in [0.25, 0.3) is 0 Å². The van der Waals surface area contributed by atoms with E-state index in [4.69, 9.17) is 9.47 Å².